The summed E-state index contributed by atoms with van der Waals surface area (Å²) in [6.07, 6.45) is 3.40. The number of nitrogens with one attached hydrogen (secondary N) is 1. The number of hydrogen-bond donors (Lipinski definition) is 2. The zero-order valence-corrected chi connectivity index (χ0v) is 19.3. The van der Waals surface area contributed by atoms with Gasteiger partial charge in [0.05, 0.1) is 0 Å². The molecular formula is C24H36F3NO4. The molecule has 0 heterocycles. The lowest BCUT2D eigenvalue weighted by molar-refractivity contribution is -0.274. The van der Waals surface area contributed by atoms with Crippen LogP contribution in [0, 0.1) is 11.3 Å². The van der Waals surface area contributed by atoms with Gasteiger partial charge in [0.1, 0.15) is 11.5 Å². The van der Waals surface area contributed by atoms with Gasteiger partial charge in [0.2, 0.25) is 0 Å². The highest BCUT2D eigenvalue weighted by Crippen LogP contribution is 2.42. The minimum absolute atomic E-state index is 0.142. The van der Waals surface area contributed by atoms with Crippen LogP contribution >= 0.6 is 0 Å². The van der Waals surface area contributed by atoms with E-state index in [1.54, 1.807) is 19.1 Å². The first kappa shape index (κ1) is 27.8. The molecule has 5 nitrogen and oxygen atoms in total. The number of rotatable bonds is 9. The number of alkyl halides is 3. The molecule has 1 aliphatic rings. The van der Waals surface area contributed by atoms with Gasteiger partial charge in [-0.05, 0) is 69.1 Å². The first-order valence-electron chi connectivity index (χ1n) is 11.3. The van der Waals surface area contributed by atoms with Crippen LogP contribution in [0.4, 0.5) is 18.0 Å². The van der Waals surface area contributed by atoms with E-state index in [4.69, 9.17) is 5.11 Å². The van der Waals surface area contributed by atoms with E-state index in [1.807, 2.05) is 6.92 Å². The average molecular weight is 460 g/mol. The van der Waals surface area contributed by atoms with Gasteiger partial charge in [-0.25, -0.2) is 4.79 Å². The van der Waals surface area contributed by atoms with Crippen LogP contribution in [0.3, 0.4) is 0 Å². The summed E-state index contributed by atoms with van der Waals surface area (Å²) in [7, 11) is 0. The number of Topliss-reactive ketones (excluding diaryl/α,β-unsaturated/α-hetero) is 1. The Kier molecular flexibility index (Phi) is 11.6. The van der Waals surface area contributed by atoms with E-state index in [0.29, 0.717) is 18.2 Å². The minimum Gasteiger partial charge on any atom is -0.465 e. The van der Waals surface area contributed by atoms with Gasteiger partial charge in [0.15, 0.2) is 0 Å². The van der Waals surface area contributed by atoms with Crippen LogP contribution in [0.5, 0.6) is 5.75 Å². The fourth-order valence-corrected chi connectivity index (χ4v) is 4.09. The fourth-order valence-electron chi connectivity index (χ4n) is 4.09. The van der Waals surface area contributed by atoms with E-state index in [-0.39, 0.29) is 11.2 Å². The topological polar surface area (TPSA) is 75.6 Å². The number of carboxylic acid groups (broad SMARTS) is 1. The molecule has 182 valence electrons. The minimum atomic E-state index is -4.66. The van der Waals surface area contributed by atoms with Gasteiger partial charge < -0.3 is 15.2 Å². The van der Waals surface area contributed by atoms with Gasteiger partial charge in [-0.1, -0.05) is 45.2 Å². The Morgan fingerprint density at radius 1 is 1.16 bits per heavy atom. The van der Waals surface area contributed by atoms with Gasteiger partial charge in [-0.3, -0.25) is 4.79 Å². The summed E-state index contributed by atoms with van der Waals surface area (Å²) in [5.41, 5.74) is 0.847. The van der Waals surface area contributed by atoms with E-state index in [2.05, 4.69) is 17.0 Å². The smallest absolute Gasteiger partial charge is 0.465 e. The molecule has 8 heteroatoms. The van der Waals surface area contributed by atoms with E-state index in [0.717, 1.165) is 56.9 Å². The lowest BCUT2D eigenvalue weighted by atomic mass is 9.68. The molecule has 0 spiro atoms. The van der Waals surface area contributed by atoms with Crippen molar-refractivity contribution in [1.29, 1.82) is 0 Å². The molecule has 0 bridgehead atoms. The van der Waals surface area contributed by atoms with Crippen LogP contribution in [-0.2, 0) is 11.2 Å². The molecule has 2 rings (SSSR count). The third kappa shape index (κ3) is 10.9. The number of benzene rings is 1. The molecule has 1 unspecified atom stereocenters. The second-order valence-corrected chi connectivity index (χ2v) is 8.67. The lowest BCUT2D eigenvalue weighted by Crippen LogP contribution is -2.32. The third-order valence-electron chi connectivity index (χ3n) is 5.94. The summed E-state index contributed by atoms with van der Waals surface area (Å²) in [4.78, 5) is 21.8. The quantitative estimate of drug-likeness (QED) is 0.428. The normalized spacial score (nSPS) is 16.3. The number of carbonyl (C=O) groups is 2. The highest BCUT2D eigenvalue weighted by atomic mass is 19.4. The molecule has 1 aromatic carbocycles. The van der Waals surface area contributed by atoms with Crippen molar-refractivity contribution in [2.75, 3.05) is 6.54 Å². The fraction of sp³-hybridized carbons (Fsp3) is 0.667. The van der Waals surface area contributed by atoms with Crippen molar-refractivity contribution in [3.63, 3.8) is 0 Å². The van der Waals surface area contributed by atoms with Crippen molar-refractivity contribution in [3.8, 4) is 5.75 Å². The monoisotopic (exact) mass is 459 g/mol. The average Bonchev–Trinajstić information content (AvgIpc) is 2.72. The van der Waals surface area contributed by atoms with Crippen LogP contribution in [0.2, 0.25) is 0 Å². The summed E-state index contributed by atoms with van der Waals surface area (Å²) in [6.45, 7) is 6.32. The van der Waals surface area contributed by atoms with Gasteiger partial charge in [-0.15, -0.1) is 13.2 Å². The summed E-state index contributed by atoms with van der Waals surface area (Å²) in [5, 5.41) is 10.1. The number of ketones is 1. The maximum absolute atomic E-state index is 12.2. The lowest BCUT2D eigenvalue weighted by Gasteiger charge is -2.35. The number of hydrogen-bond acceptors (Lipinski definition) is 3. The summed E-state index contributed by atoms with van der Waals surface area (Å²) in [6, 6.07) is 6.07. The number of halogens is 3. The van der Waals surface area contributed by atoms with Crippen molar-refractivity contribution in [2.45, 2.75) is 84.9 Å². The molecule has 0 saturated heterocycles. The Hall–Kier alpha value is -2.25. The number of carbonyl (C=O) groups excluding carboxylic acids is 1. The zero-order chi connectivity index (χ0) is 24.2. The van der Waals surface area contributed by atoms with Gasteiger partial charge >= 0.3 is 12.5 Å². The largest absolute Gasteiger partial charge is 0.573 e. The molecule has 2 N–H and O–H groups in total. The Balaban J connectivity index is 0.000000633. The number of amides is 1. The SMILES string of the molecule is CC(=O)C1(CCC(C)Cc2ccc(OC(F)(F)F)cc2)CCCCC1.CCCNC(=O)O. The highest BCUT2D eigenvalue weighted by molar-refractivity contribution is 5.82. The van der Waals surface area contributed by atoms with Crippen LogP contribution in [0.1, 0.15) is 77.7 Å². The van der Waals surface area contributed by atoms with Crippen molar-refractivity contribution in [2.24, 2.45) is 11.3 Å². The van der Waals surface area contributed by atoms with E-state index in [1.165, 1.54) is 18.6 Å². The Morgan fingerprint density at radius 3 is 2.19 bits per heavy atom. The summed E-state index contributed by atoms with van der Waals surface area (Å²) in [5.74, 6) is 0.502. The van der Waals surface area contributed by atoms with Gasteiger partial charge in [0, 0.05) is 12.0 Å². The molecule has 0 aliphatic heterocycles. The van der Waals surface area contributed by atoms with Crippen molar-refractivity contribution in [1.82, 2.24) is 5.32 Å². The van der Waals surface area contributed by atoms with E-state index in [9.17, 15) is 22.8 Å². The standard InChI is InChI=1S/C20H27F3O2.C4H9NO2/c1-15(10-13-19(16(2)24)11-4-3-5-12-19)14-17-6-8-18(9-7-17)25-20(21,22)23;1-2-3-5-4(6)7/h6-9,15H,3-5,10-14H2,1-2H3;5H,2-3H2,1H3,(H,6,7). The number of ether oxygens (including phenoxy) is 1. The van der Waals surface area contributed by atoms with Crippen LogP contribution < -0.4 is 10.1 Å². The molecule has 32 heavy (non-hydrogen) atoms. The van der Waals surface area contributed by atoms with E-state index < -0.39 is 12.5 Å². The van der Waals surface area contributed by atoms with Crippen molar-refractivity contribution >= 4 is 11.9 Å². The molecule has 0 radical (unpaired) electrons. The second kappa shape index (κ2) is 13.3. The first-order chi connectivity index (χ1) is 15.0. The maximum atomic E-state index is 12.2. The first-order valence-corrected chi connectivity index (χ1v) is 11.3. The Labute approximate surface area is 188 Å². The molecule has 1 atom stereocenters. The predicted octanol–water partition coefficient (Wildman–Crippen LogP) is 6.75. The van der Waals surface area contributed by atoms with Gasteiger partial charge in [0.25, 0.3) is 0 Å². The zero-order valence-electron chi connectivity index (χ0n) is 19.3. The molecule has 1 saturated carbocycles. The summed E-state index contributed by atoms with van der Waals surface area (Å²) < 4.78 is 40.4. The summed E-state index contributed by atoms with van der Waals surface area (Å²) >= 11 is 0. The molecule has 1 amide bonds. The van der Waals surface area contributed by atoms with Crippen LogP contribution in [0.25, 0.3) is 0 Å². The Morgan fingerprint density at radius 2 is 1.75 bits per heavy atom. The molecular weight excluding hydrogens is 423 g/mol. The predicted molar refractivity (Wildman–Crippen MR) is 118 cm³/mol. The van der Waals surface area contributed by atoms with Crippen LogP contribution in [0.15, 0.2) is 24.3 Å². The third-order valence-corrected chi connectivity index (χ3v) is 5.94. The second-order valence-electron chi connectivity index (χ2n) is 8.67. The molecule has 1 fully saturated rings. The van der Waals surface area contributed by atoms with Crippen molar-refractivity contribution < 1.29 is 32.6 Å². The van der Waals surface area contributed by atoms with Gasteiger partial charge in [-0.2, -0.15) is 0 Å². The van der Waals surface area contributed by atoms with E-state index >= 15 is 0 Å². The molecule has 1 aromatic rings. The van der Waals surface area contributed by atoms with Crippen molar-refractivity contribution in [3.05, 3.63) is 29.8 Å². The maximum Gasteiger partial charge on any atom is 0.573 e. The molecule has 1 aliphatic carbocycles. The van der Waals surface area contributed by atoms with Crippen LogP contribution in [-0.4, -0.2) is 29.9 Å². The molecule has 0 aromatic heterocycles. The highest BCUT2D eigenvalue weighted by Gasteiger charge is 2.36. The Bertz CT molecular complexity index is 698.